The van der Waals surface area contributed by atoms with Gasteiger partial charge in [0.15, 0.2) is 0 Å². The highest BCUT2D eigenvalue weighted by Crippen LogP contribution is 2.39. The molecule has 2 heterocycles. The number of ether oxygens (including phenoxy) is 3. The Bertz CT molecular complexity index is 885. The maximum Gasteiger partial charge on any atom is 0.234 e. The van der Waals surface area contributed by atoms with E-state index in [0.717, 1.165) is 18.8 Å². The zero-order valence-corrected chi connectivity index (χ0v) is 20.0. The summed E-state index contributed by atoms with van der Waals surface area (Å²) in [5, 5.41) is 15.3. The van der Waals surface area contributed by atoms with Gasteiger partial charge < -0.3 is 24.4 Å². The molecule has 1 aliphatic heterocycles. The van der Waals surface area contributed by atoms with Gasteiger partial charge >= 0.3 is 0 Å². The molecule has 0 unspecified atom stereocenters. The fourth-order valence-electron chi connectivity index (χ4n) is 3.32. The second-order valence-corrected chi connectivity index (χ2v) is 8.60. The molecule has 0 spiro atoms. The van der Waals surface area contributed by atoms with Crippen molar-refractivity contribution in [1.82, 2.24) is 20.2 Å². The van der Waals surface area contributed by atoms with Gasteiger partial charge in [0.2, 0.25) is 11.1 Å². The predicted molar refractivity (Wildman–Crippen MR) is 124 cm³/mol. The summed E-state index contributed by atoms with van der Waals surface area (Å²) in [6, 6.07) is 3.77. The van der Waals surface area contributed by atoms with Crippen molar-refractivity contribution in [2.45, 2.75) is 39.4 Å². The van der Waals surface area contributed by atoms with Crippen LogP contribution in [0.5, 0.6) is 11.5 Å². The lowest BCUT2D eigenvalue weighted by atomic mass is 10.2. The van der Waals surface area contributed by atoms with E-state index in [1.54, 1.807) is 4.68 Å². The predicted octanol–water partition coefficient (Wildman–Crippen LogP) is 2.69. The molecule has 11 heteroatoms. The van der Waals surface area contributed by atoms with Gasteiger partial charge in [0, 0.05) is 31.8 Å². The molecule has 10 nitrogen and oxygen atoms in total. The summed E-state index contributed by atoms with van der Waals surface area (Å²) in [4.78, 5) is 14.9. The SMILES string of the molecule is CCOc1cc(N2CCOCC2)c(OCC)cc1NC(=O)CSc1nnnn1CC(C)C. The van der Waals surface area contributed by atoms with Gasteiger partial charge in [-0.2, -0.15) is 0 Å². The van der Waals surface area contributed by atoms with E-state index in [-0.39, 0.29) is 11.7 Å². The van der Waals surface area contributed by atoms with Crippen molar-refractivity contribution in [3.05, 3.63) is 12.1 Å². The van der Waals surface area contributed by atoms with Gasteiger partial charge in [-0.1, -0.05) is 25.6 Å². The molecule has 0 radical (unpaired) electrons. The molecule has 1 aromatic heterocycles. The summed E-state index contributed by atoms with van der Waals surface area (Å²) in [7, 11) is 0. The lowest BCUT2D eigenvalue weighted by molar-refractivity contribution is -0.113. The van der Waals surface area contributed by atoms with Crippen molar-refractivity contribution in [3.63, 3.8) is 0 Å². The van der Waals surface area contributed by atoms with Crippen LogP contribution in [0.3, 0.4) is 0 Å². The van der Waals surface area contributed by atoms with Gasteiger partial charge in [-0.15, -0.1) is 5.10 Å². The molecular formula is C21H32N6O4S. The van der Waals surface area contributed by atoms with Crippen LogP contribution in [0, 0.1) is 5.92 Å². The molecule has 1 amide bonds. The van der Waals surface area contributed by atoms with Crippen LogP contribution in [-0.4, -0.2) is 71.4 Å². The van der Waals surface area contributed by atoms with Gasteiger partial charge in [0.05, 0.1) is 43.6 Å². The number of carbonyl (C=O) groups excluding carboxylic acids is 1. The number of hydrogen-bond acceptors (Lipinski definition) is 9. The summed E-state index contributed by atoms with van der Waals surface area (Å²) in [6.07, 6.45) is 0. The lowest BCUT2D eigenvalue weighted by Gasteiger charge is -2.31. The van der Waals surface area contributed by atoms with E-state index in [2.05, 4.69) is 39.6 Å². The molecule has 0 saturated carbocycles. The second-order valence-electron chi connectivity index (χ2n) is 7.66. The van der Waals surface area contributed by atoms with E-state index in [1.807, 2.05) is 26.0 Å². The smallest absolute Gasteiger partial charge is 0.234 e. The highest BCUT2D eigenvalue weighted by Gasteiger charge is 2.21. The fraction of sp³-hybridized carbons (Fsp3) is 0.619. The van der Waals surface area contributed by atoms with Crippen molar-refractivity contribution in [2.24, 2.45) is 5.92 Å². The second kappa shape index (κ2) is 11.9. The summed E-state index contributed by atoms with van der Waals surface area (Å²) in [6.45, 7) is 12.6. The number of thioether (sulfide) groups is 1. The molecule has 1 aliphatic rings. The van der Waals surface area contributed by atoms with Crippen molar-refractivity contribution in [1.29, 1.82) is 0 Å². The molecule has 0 bridgehead atoms. The number of morpholine rings is 1. The number of benzene rings is 1. The van der Waals surface area contributed by atoms with Crippen LogP contribution in [0.2, 0.25) is 0 Å². The van der Waals surface area contributed by atoms with E-state index in [9.17, 15) is 4.79 Å². The van der Waals surface area contributed by atoms with Crippen LogP contribution < -0.4 is 19.7 Å². The molecule has 1 aromatic carbocycles. The average molecular weight is 465 g/mol. The van der Waals surface area contributed by atoms with Crippen LogP contribution in [-0.2, 0) is 16.1 Å². The third kappa shape index (κ3) is 6.49. The highest BCUT2D eigenvalue weighted by molar-refractivity contribution is 7.99. The zero-order chi connectivity index (χ0) is 22.9. The standard InChI is InChI=1S/C21H32N6O4S/c1-5-30-18-12-17(26-7-9-29-10-8-26)19(31-6-2)11-16(18)22-20(28)14-32-21-23-24-25-27(21)13-15(3)4/h11-12,15H,5-10,13-14H2,1-4H3,(H,22,28). The first kappa shape index (κ1) is 24.1. The van der Waals surface area contributed by atoms with Gasteiger partial charge in [-0.05, 0) is 30.2 Å². The summed E-state index contributed by atoms with van der Waals surface area (Å²) >= 11 is 1.30. The van der Waals surface area contributed by atoms with Gasteiger partial charge in [0.25, 0.3) is 0 Å². The largest absolute Gasteiger partial charge is 0.492 e. The molecule has 3 rings (SSSR count). The number of hydrogen-bond donors (Lipinski definition) is 1. The lowest BCUT2D eigenvalue weighted by Crippen LogP contribution is -2.36. The van der Waals surface area contributed by atoms with E-state index in [1.165, 1.54) is 11.8 Å². The first-order valence-corrected chi connectivity index (χ1v) is 12.0. The monoisotopic (exact) mass is 464 g/mol. The normalized spacial score (nSPS) is 14.0. The van der Waals surface area contributed by atoms with Crippen LogP contribution in [0.1, 0.15) is 27.7 Å². The van der Waals surface area contributed by atoms with Crippen molar-refractivity contribution in [3.8, 4) is 11.5 Å². The number of aromatic nitrogens is 4. The fourth-order valence-corrected chi connectivity index (χ4v) is 4.01. The molecule has 1 saturated heterocycles. The van der Waals surface area contributed by atoms with E-state index in [0.29, 0.717) is 61.2 Å². The molecule has 2 aromatic rings. The molecule has 0 aliphatic carbocycles. The quantitative estimate of drug-likeness (QED) is 0.503. The van der Waals surface area contributed by atoms with Gasteiger partial charge in [0.1, 0.15) is 11.5 Å². The average Bonchev–Trinajstić information content (AvgIpc) is 3.21. The first-order chi connectivity index (χ1) is 15.5. The molecule has 0 atom stereocenters. The van der Waals surface area contributed by atoms with Crippen LogP contribution in [0.15, 0.2) is 17.3 Å². The zero-order valence-electron chi connectivity index (χ0n) is 19.2. The number of nitrogens with one attached hydrogen (secondary N) is 1. The third-order valence-electron chi connectivity index (χ3n) is 4.66. The maximum absolute atomic E-state index is 12.7. The van der Waals surface area contributed by atoms with E-state index >= 15 is 0 Å². The Morgan fingerprint density at radius 2 is 1.91 bits per heavy atom. The maximum atomic E-state index is 12.7. The van der Waals surface area contributed by atoms with Crippen molar-refractivity contribution in [2.75, 3.05) is 55.5 Å². The van der Waals surface area contributed by atoms with Crippen LogP contribution in [0.25, 0.3) is 0 Å². The Labute approximate surface area is 193 Å². The van der Waals surface area contributed by atoms with Crippen LogP contribution in [0.4, 0.5) is 11.4 Å². The summed E-state index contributed by atoms with van der Waals surface area (Å²) in [5.74, 6) is 1.74. The minimum absolute atomic E-state index is 0.170. The number of amides is 1. The Balaban J connectivity index is 1.74. The minimum atomic E-state index is -0.170. The first-order valence-electron chi connectivity index (χ1n) is 11.0. The Morgan fingerprint density at radius 3 is 2.59 bits per heavy atom. The van der Waals surface area contributed by atoms with Crippen molar-refractivity contribution >= 4 is 29.0 Å². The number of nitrogens with zero attached hydrogens (tertiary/aromatic N) is 5. The molecule has 1 fully saturated rings. The number of anilines is 2. The van der Waals surface area contributed by atoms with E-state index in [4.69, 9.17) is 14.2 Å². The number of carbonyl (C=O) groups is 1. The molecule has 176 valence electrons. The van der Waals surface area contributed by atoms with Gasteiger partial charge in [-0.3, -0.25) is 4.79 Å². The van der Waals surface area contributed by atoms with Crippen molar-refractivity contribution < 1.29 is 19.0 Å². The Kier molecular flexibility index (Phi) is 8.98. The summed E-state index contributed by atoms with van der Waals surface area (Å²) in [5.41, 5.74) is 1.53. The van der Waals surface area contributed by atoms with E-state index < -0.39 is 0 Å². The molecule has 32 heavy (non-hydrogen) atoms. The van der Waals surface area contributed by atoms with Crippen LogP contribution >= 0.6 is 11.8 Å². The highest BCUT2D eigenvalue weighted by atomic mass is 32.2. The Morgan fingerprint density at radius 1 is 1.19 bits per heavy atom. The Hall–Kier alpha value is -2.53. The minimum Gasteiger partial charge on any atom is -0.492 e. The molecule has 1 N–H and O–H groups in total. The third-order valence-corrected chi connectivity index (χ3v) is 5.61. The topological polar surface area (TPSA) is 104 Å². The molecular weight excluding hydrogens is 432 g/mol. The number of rotatable bonds is 11. The van der Waals surface area contributed by atoms with Gasteiger partial charge in [-0.25, -0.2) is 4.68 Å². The number of tetrazole rings is 1. The summed E-state index contributed by atoms with van der Waals surface area (Å²) < 4.78 is 18.9.